The van der Waals surface area contributed by atoms with E-state index in [2.05, 4.69) is 101 Å². The number of unbranched alkanes of at least 4 members (excludes halogenated alkanes) is 33. The maximum Gasteiger partial charge on any atom is 0.472 e. The van der Waals surface area contributed by atoms with Crippen LogP contribution in [0.15, 0.2) is 97.2 Å². The van der Waals surface area contributed by atoms with Crippen LogP contribution in [0.4, 0.5) is 0 Å². The lowest BCUT2D eigenvalue weighted by Gasteiger charge is -2.21. The molecule has 0 fully saturated rings. The second-order valence-electron chi connectivity index (χ2n) is 26.3. The van der Waals surface area contributed by atoms with Gasteiger partial charge >= 0.3 is 39.5 Å². The van der Waals surface area contributed by atoms with Gasteiger partial charge in [0, 0.05) is 19.3 Å². The summed E-state index contributed by atoms with van der Waals surface area (Å²) in [5.74, 6) is -2.32. The number of allylic oxidation sites excluding steroid dienone is 15. The Morgan fingerprint density at radius 2 is 0.560 bits per heavy atom. The SMILES string of the molecule is CC/C=C\C/C=C\C/C=C\C/C=C\C/C=C\CC(=O)OCC(COP(=O)(O)OCC(O)COP(=O)(O)OCC(COC(=O)CCCCCCCC/C=C\C/C=C\C/C=C\CCCCC)OC(=O)CCCCCCCCCCCCC)OC(=O)CCCCCCCCCCCCCCCCC. The van der Waals surface area contributed by atoms with Gasteiger partial charge in [-0.15, -0.1) is 0 Å². The van der Waals surface area contributed by atoms with Gasteiger partial charge in [-0.3, -0.25) is 37.3 Å². The molecular formula is C81H142O17P2. The highest BCUT2D eigenvalue weighted by Gasteiger charge is 2.30. The van der Waals surface area contributed by atoms with Crippen LogP contribution in [0.5, 0.6) is 0 Å². The first-order valence-electron chi connectivity index (χ1n) is 39.5. The maximum absolute atomic E-state index is 13.1. The molecule has 0 bridgehead atoms. The highest BCUT2D eigenvalue weighted by Crippen LogP contribution is 2.45. The Hall–Kier alpha value is -4.02. The van der Waals surface area contributed by atoms with Gasteiger partial charge in [0.05, 0.1) is 32.8 Å². The Kier molecular flexibility index (Phi) is 70.4. The summed E-state index contributed by atoms with van der Waals surface area (Å²) in [5.41, 5.74) is 0. The number of ether oxygens (including phenoxy) is 4. The van der Waals surface area contributed by atoms with Gasteiger partial charge < -0.3 is 33.8 Å². The van der Waals surface area contributed by atoms with Crippen molar-refractivity contribution < 1.29 is 80.2 Å². The molecule has 0 saturated heterocycles. The summed E-state index contributed by atoms with van der Waals surface area (Å²) in [4.78, 5) is 72.8. The third-order valence-electron chi connectivity index (χ3n) is 16.6. The van der Waals surface area contributed by atoms with Crippen LogP contribution in [0.1, 0.15) is 336 Å². The number of carbonyl (C=O) groups is 4. The quantitative estimate of drug-likeness (QED) is 0.0169. The van der Waals surface area contributed by atoms with Crippen LogP contribution >= 0.6 is 15.6 Å². The Labute approximate surface area is 607 Å². The van der Waals surface area contributed by atoms with Gasteiger partial charge in [-0.05, 0) is 89.9 Å². The number of aliphatic hydroxyl groups is 1. The molecule has 0 aliphatic rings. The zero-order valence-electron chi connectivity index (χ0n) is 63.1. The highest BCUT2D eigenvalue weighted by molar-refractivity contribution is 7.47. The van der Waals surface area contributed by atoms with E-state index < -0.39 is 97.5 Å². The van der Waals surface area contributed by atoms with E-state index in [1.807, 2.05) is 18.2 Å². The molecule has 0 saturated carbocycles. The number of hydrogen-bond acceptors (Lipinski definition) is 15. The van der Waals surface area contributed by atoms with E-state index in [1.54, 1.807) is 6.08 Å². The molecule has 0 heterocycles. The molecule has 0 rings (SSSR count). The number of aliphatic hydroxyl groups excluding tert-OH is 1. The monoisotopic (exact) mass is 1450 g/mol. The van der Waals surface area contributed by atoms with E-state index in [4.69, 9.17) is 37.0 Å². The van der Waals surface area contributed by atoms with Gasteiger partial charge in [0.1, 0.15) is 19.3 Å². The predicted molar refractivity (Wildman–Crippen MR) is 409 cm³/mol. The molecule has 0 aliphatic carbocycles. The van der Waals surface area contributed by atoms with Crippen molar-refractivity contribution in [3.8, 4) is 0 Å². The smallest absolute Gasteiger partial charge is 0.462 e. The zero-order chi connectivity index (χ0) is 73.2. The summed E-state index contributed by atoms with van der Waals surface area (Å²) in [6.45, 7) is 4.64. The Morgan fingerprint density at radius 1 is 0.300 bits per heavy atom. The molecule has 578 valence electrons. The van der Waals surface area contributed by atoms with Gasteiger partial charge in [0.2, 0.25) is 0 Å². The lowest BCUT2D eigenvalue weighted by molar-refractivity contribution is -0.161. The lowest BCUT2D eigenvalue weighted by Crippen LogP contribution is -2.30. The molecule has 19 heteroatoms. The molecule has 0 aromatic carbocycles. The van der Waals surface area contributed by atoms with Gasteiger partial charge in [-0.2, -0.15) is 0 Å². The predicted octanol–water partition coefficient (Wildman–Crippen LogP) is 22.8. The molecule has 0 spiro atoms. The molecule has 5 atom stereocenters. The van der Waals surface area contributed by atoms with Crippen molar-refractivity contribution in [2.24, 2.45) is 0 Å². The summed E-state index contributed by atoms with van der Waals surface area (Å²) in [7, 11) is -9.97. The van der Waals surface area contributed by atoms with Crippen molar-refractivity contribution in [2.45, 2.75) is 354 Å². The number of esters is 4. The van der Waals surface area contributed by atoms with Crippen LogP contribution in [0.2, 0.25) is 0 Å². The maximum atomic E-state index is 13.1. The molecule has 0 radical (unpaired) electrons. The second kappa shape index (κ2) is 73.3. The molecular weight excluding hydrogens is 1310 g/mol. The molecule has 0 amide bonds. The van der Waals surface area contributed by atoms with Crippen LogP contribution in [-0.4, -0.2) is 96.7 Å². The minimum atomic E-state index is -4.99. The first kappa shape index (κ1) is 96.0. The Morgan fingerprint density at radius 3 is 0.910 bits per heavy atom. The standard InChI is InChI=1S/C81H142O17P2/c1-5-9-13-17-21-25-29-32-35-36-37-38-41-43-47-50-54-58-62-66-79(84)91-71-76(97-80(85)67-63-59-55-51-45-28-24-20-16-12-8-4)73-95-99(87,88)93-69-75(82)70-94-100(89,90)96-74-77(98-81(86)68-64-60-56-52-48-44-40-34-31-27-23-19-15-11-7-3)72-92-78(83)65-61-57-53-49-46-42-39-33-30-26-22-18-14-10-6-2/h10,14,21-22,25-26,32-33,35,37-39,46,49,57,61,75-77,82H,5-9,11-13,15-20,23-24,27-31,34,36,40-45,47-48,50-56,58-60,62-74H2,1-4H3,(H,87,88)(H,89,90)/b14-10-,25-21-,26-22-,35-32-,38-37-,39-33-,49-46-,61-57-. The van der Waals surface area contributed by atoms with Crippen molar-refractivity contribution in [2.75, 3.05) is 39.6 Å². The van der Waals surface area contributed by atoms with Gasteiger partial charge in [0.25, 0.3) is 0 Å². The fourth-order valence-electron chi connectivity index (χ4n) is 10.6. The molecule has 17 nitrogen and oxygen atoms in total. The van der Waals surface area contributed by atoms with E-state index in [1.165, 1.54) is 122 Å². The summed E-state index contributed by atoms with van der Waals surface area (Å²) in [5, 5.41) is 10.6. The highest BCUT2D eigenvalue weighted by atomic mass is 31.2. The summed E-state index contributed by atoms with van der Waals surface area (Å²) in [6, 6.07) is 0. The average molecular weight is 1450 g/mol. The molecule has 0 aliphatic heterocycles. The minimum Gasteiger partial charge on any atom is -0.462 e. The molecule has 0 aromatic heterocycles. The topological polar surface area (TPSA) is 237 Å². The summed E-state index contributed by atoms with van der Waals surface area (Å²) < 4.78 is 68.4. The number of carbonyl (C=O) groups excluding carboxylic acids is 4. The fourth-order valence-corrected chi connectivity index (χ4v) is 12.2. The third-order valence-corrected chi connectivity index (χ3v) is 18.5. The second-order valence-corrected chi connectivity index (χ2v) is 29.2. The number of phosphoric ester groups is 2. The van der Waals surface area contributed by atoms with Crippen molar-refractivity contribution in [1.82, 2.24) is 0 Å². The van der Waals surface area contributed by atoms with E-state index in [9.17, 15) is 43.2 Å². The van der Waals surface area contributed by atoms with E-state index in [-0.39, 0.29) is 25.7 Å². The van der Waals surface area contributed by atoms with Crippen LogP contribution in [0.25, 0.3) is 0 Å². The van der Waals surface area contributed by atoms with Gasteiger partial charge in [-0.1, -0.05) is 318 Å². The van der Waals surface area contributed by atoms with Crippen molar-refractivity contribution in [3.63, 3.8) is 0 Å². The third kappa shape index (κ3) is 72.3. The first-order valence-corrected chi connectivity index (χ1v) is 42.5. The molecule has 100 heavy (non-hydrogen) atoms. The number of rotatable bonds is 74. The largest absolute Gasteiger partial charge is 0.472 e. The van der Waals surface area contributed by atoms with Crippen molar-refractivity contribution >= 4 is 39.5 Å². The minimum absolute atomic E-state index is 0.0682. The van der Waals surface area contributed by atoms with Crippen LogP contribution in [-0.2, 0) is 65.4 Å². The fraction of sp³-hybridized carbons (Fsp3) is 0.753. The van der Waals surface area contributed by atoms with Crippen molar-refractivity contribution in [1.29, 1.82) is 0 Å². The molecule has 3 N–H and O–H groups in total. The summed E-state index contributed by atoms with van der Waals surface area (Å²) in [6.07, 6.45) is 77.1. The normalized spacial score (nSPS) is 14.4. The Bertz CT molecular complexity index is 2270. The average Bonchev–Trinajstić information content (AvgIpc) is 0.966. The van der Waals surface area contributed by atoms with Crippen molar-refractivity contribution in [3.05, 3.63) is 97.2 Å². The Balaban J connectivity index is 5.36. The van der Waals surface area contributed by atoms with E-state index in [0.717, 1.165) is 135 Å². The lowest BCUT2D eigenvalue weighted by atomic mass is 10.0. The van der Waals surface area contributed by atoms with Gasteiger partial charge in [0.15, 0.2) is 12.2 Å². The zero-order valence-corrected chi connectivity index (χ0v) is 64.9. The van der Waals surface area contributed by atoms with Crippen LogP contribution in [0.3, 0.4) is 0 Å². The van der Waals surface area contributed by atoms with Crippen LogP contribution in [0, 0.1) is 0 Å². The van der Waals surface area contributed by atoms with Crippen LogP contribution < -0.4 is 0 Å². The summed E-state index contributed by atoms with van der Waals surface area (Å²) >= 11 is 0. The number of hydrogen-bond donors (Lipinski definition) is 3. The number of phosphoric acid groups is 2. The van der Waals surface area contributed by atoms with E-state index >= 15 is 0 Å². The van der Waals surface area contributed by atoms with Gasteiger partial charge in [-0.25, -0.2) is 9.13 Å². The molecule has 0 aromatic rings. The van der Waals surface area contributed by atoms with E-state index in [0.29, 0.717) is 25.7 Å². The first-order chi connectivity index (χ1) is 48.7. The molecule has 5 unspecified atom stereocenters.